The van der Waals surface area contributed by atoms with Crippen molar-refractivity contribution < 1.29 is 4.74 Å². The lowest BCUT2D eigenvalue weighted by Crippen LogP contribution is -2.14. The highest BCUT2D eigenvalue weighted by Crippen LogP contribution is 2.21. The molecule has 0 spiro atoms. The predicted octanol–water partition coefficient (Wildman–Crippen LogP) is 1.52. The highest BCUT2D eigenvalue weighted by molar-refractivity contribution is 5.10. The molecule has 0 amide bonds. The van der Waals surface area contributed by atoms with Gasteiger partial charge in [0.05, 0.1) is 18.8 Å². The predicted molar refractivity (Wildman–Crippen MR) is 58.8 cm³/mol. The average molecular weight is 209 g/mol. The first-order chi connectivity index (χ1) is 7.35. The van der Waals surface area contributed by atoms with E-state index >= 15 is 0 Å². The first-order valence-corrected chi connectivity index (χ1v) is 5.64. The quantitative estimate of drug-likeness (QED) is 0.817. The molecule has 1 fully saturated rings. The van der Waals surface area contributed by atoms with Crippen LogP contribution >= 0.6 is 0 Å². The van der Waals surface area contributed by atoms with E-state index in [0.29, 0.717) is 12.1 Å². The maximum absolute atomic E-state index is 5.36. The molecule has 0 radical (unpaired) electrons. The van der Waals surface area contributed by atoms with Crippen molar-refractivity contribution in [3.05, 3.63) is 18.0 Å². The van der Waals surface area contributed by atoms with Crippen LogP contribution in [-0.2, 0) is 4.74 Å². The van der Waals surface area contributed by atoms with Crippen LogP contribution in [0.15, 0.2) is 12.4 Å². The van der Waals surface area contributed by atoms with Crippen LogP contribution in [0.2, 0.25) is 0 Å². The third-order valence-corrected chi connectivity index (χ3v) is 3.06. The largest absolute Gasteiger partial charge is 0.379 e. The van der Waals surface area contributed by atoms with Crippen molar-refractivity contribution in [3.8, 4) is 0 Å². The first kappa shape index (κ1) is 10.6. The van der Waals surface area contributed by atoms with Crippen LogP contribution in [0.4, 0.5) is 0 Å². The SMILES string of the molecule is CCC(NC)c1cnn(C2CCOC2)c1. The molecule has 2 unspecified atom stereocenters. The Kier molecular flexibility index (Phi) is 3.38. The van der Waals surface area contributed by atoms with Crippen molar-refractivity contribution in [2.24, 2.45) is 0 Å². The van der Waals surface area contributed by atoms with Gasteiger partial charge in [0.25, 0.3) is 0 Å². The zero-order valence-electron chi connectivity index (χ0n) is 9.44. The fraction of sp³-hybridized carbons (Fsp3) is 0.727. The lowest BCUT2D eigenvalue weighted by molar-refractivity contribution is 0.184. The number of aromatic nitrogens is 2. The van der Waals surface area contributed by atoms with Gasteiger partial charge in [0.1, 0.15) is 0 Å². The normalized spacial score (nSPS) is 23.2. The second-order valence-electron chi connectivity index (χ2n) is 4.02. The van der Waals surface area contributed by atoms with Gasteiger partial charge in [0.2, 0.25) is 0 Å². The third-order valence-electron chi connectivity index (χ3n) is 3.06. The first-order valence-electron chi connectivity index (χ1n) is 5.64. The van der Waals surface area contributed by atoms with E-state index in [1.165, 1.54) is 5.56 Å². The minimum absolute atomic E-state index is 0.418. The fourth-order valence-electron chi connectivity index (χ4n) is 2.07. The number of ether oxygens (including phenoxy) is 1. The van der Waals surface area contributed by atoms with E-state index in [-0.39, 0.29) is 0 Å². The van der Waals surface area contributed by atoms with Gasteiger partial charge in [-0.05, 0) is 19.9 Å². The molecule has 0 aromatic carbocycles. The summed E-state index contributed by atoms with van der Waals surface area (Å²) in [7, 11) is 1.99. The Morgan fingerprint density at radius 3 is 3.20 bits per heavy atom. The van der Waals surface area contributed by atoms with E-state index in [9.17, 15) is 0 Å². The van der Waals surface area contributed by atoms with E-state index in [2.05, 4.69) is 23.5 Å². The molecule has 1 aliphatic heterocycles. The van der Waals surface area contributed by atoms with Crippen molar-refractivity contribution in [3.63, 3.8) is 0 Å². The van der Waals surface area contributed by atoms with Gasteiger partial charge < -0.3 is 10.1 Å². The number of nitrogens with one attached hydrogen (secondary N) is 1. The van der Waals surface area contributed by atoms with Crippen molar-refractivity contribution in [2.45, 2.75) is 31.8 Å². The number of hydrogen-bond donors (Lipinski definition) is 1. The minimum atomic E-state index is 0.418. The molecule has 2 atom stereocenters. The molecule has 84 valence electrons. The maximum atomic E-state index is 5.36. The highest BCUT2D eigenvalue weighted by Gasteiger charge is 2.19. The van der Waals surface area contributed by atoms with Gasteiger partial charge in [0, 0.05) is 24.4 Å². The molecule has 15 heavy (non-hydrogen) atoms. The van der Waals surface area contributed by atoms with Gasteiger partial charge in [0.15, 0.2) is 0 Å². The Morgan fingerprint density at radius 2 is 2.60 bits per heavy atom. The molecule has 1 aromatic heterocycles. The molecule has 2 heterocycles. The van der Waals surface area contributed by atoms with Crippen molar-refractivity contribution in [1.29, 1.82) is 0 Å². The molecule has 2 rings (SSSR count). The Balaban J connectivity index is 2.08. The summed E-state index contributed by atoms with van der Waals surface area (Å²) in [6.07, 6.45) is 6.27. The molecule has 1 aromatic rings. The molecule has 1 saturated heterocycles. The summed E-state index contributed by atoms with van der Waals surface area (Å²) in [5.74, 6) is 0. The van der Waals surface area contributed by atoms with Crippen LogP contribution in [0.1, 0.15) is 37.4 Å². The molecule has 0 aliphatic carbocycles. The second kappa shape index (κ2) is 4.77. The molecule has 4 heteroatoms. The van der Waals surface area contributed by atoms with E-state index in [1.807, 2.05) is 17.9 Å². The Labute approximate surface area is 90.6 Å². The van der Waals surface area contributed by atoms with Crippen molar-refractivity contribution in [2.75, 3.05) is 20.3 Å². The lowest BCUT2D eigenvalue weighted by atomic mass is 10.1. The third kappa shape index (κ3) is 2.21. The van der Waals surface area contributed by atoms with Gasteiger partial charge in [-0.3, -0.25) is 4.68 Å². The van der Waals surface area contributed by atoms with E-state index in [4.69, 9.17) is 4.74 Å². The second-order valence-corrected chi connectivity index (χ2v) is 4.02. The monoisotopic (exact) mass is 209 g/mol. The molecule has 1 N–H and O–H groups in total. The summed E-state index contributed by atoms with van der Waals surface area (Å²) in [5, 5.41) is 7.70. The van der Waals surface area contributed by atoms with Gasteiger partial charge in [-0.2, -0.15) is 5.10 Å². The van der Waals surface area contributed by atoms with Gasteiger partial charge in [-0.15, -0.1) is 0 Å². The molecule has 0 bridgehead atoms. The Morgan fingerprint density at radius 1 is 1.73 bits per heavy atom. The molecular formula is C11H19N3O. The zero-order chi connectivity index (χ0) is 10.7. The Bertz CT molecular complexity index is 284. The molecule has 0 saturated carbocycles. The van der Waals surface area contributed by atoms with E-state index in [0.717, 1.165) is 26.1 Å². The van der Waals surface area contributed by atoms with Crippen LogP contribution in [-0.4, -0.2) is 30.0 Å². The maximum Gasteiger partial charge on any atom is 0.0774 e. The fourth-order valence-corrected chi connectivity index (χ4v) is 2.07. The average Bonchev–Trinajstić information content (AvgIpc) is 2.89. The van der Waals surface area contributed by atoms with Crippen molar-refractivity contribution in [1.82, 2.24) is 15.1 Å². The zero-order valence-corrected chi connectivity index (χ0v) is 9.44. The highest BCUT2D eigenvalue weighted by atomic mass is 16.5. The summed E-state index contributed by atoms with van der Waals surface area (Å²) in [6, 6.07) is 0.856. The number of nitrogens with zero attached hydrogens (tertiary/aromatic N) is 2. The summed E-state index contributed by atoms with van der Waals surface area (Å²) in [4.78, 5) is 0. The number of rotatable bonds is 4. The van der Waals surface area contributed by atoms with Gasteiger partial charge >= 0.3 is 0 Å². The van der Waals surface area contributed by atoms with Crippen LogP contribution in [0, 0.1) is 0 Å². The van der Waals surface area contributed by atoms with Crippen LogP contribution in [0.5, 0.6) is 0 Å². The molecule has 1 aliphatic rings. The van der Waals surface area contributed by atoms with E-state index in [1.54, 1.807) is 0 Å². The summed E-state index contributed by atoms with van der Waals surface area (Å²) in [5.41, 5.74) is 1.27. The standard InChI is InChI=1S/C11H19N3O/c1-3-11(12-2)9-6-13-14(7-9)10-4-5-15-8-10/h6-7,10-12H,3-5,8H2,1-2H3. The smallest absolute Gasteiger partial charge is 0.0774 e. The topological polar surface area (TPSA) is 39.1 Å². The summed E-state index contributed by atoms with van der Waals surface area (Å²) < 4.78 is 7.40. The Hall–Kier alpha value is -0.870. The lowest BCUT2D eigenvalue weighted by Gasteiger charge is -2.11. The number of hydrogen-bond acceptors (Lipinski definition) is 3. The van der Waals surface area contributed by atoms with Crippen LogP contribution in [0.3, 0.4) is 0 Å². The van der Waals surface area contributed by atoms with Crippen molar-refractivity contribution >= 4 is 0 Å². The van der Waals surface area contributed by atoms with Crippen LogP contribution < -0.4 is 5.32 Å². The molecule has 4 nitrogen and oxygen atoms in total. The van der Waals surface area contributed by atoms with Crippen LogP contribution in [0.25, 0.3) is 0 Å². The van der Waals surface area contributed by atoms with Gasteiger partial charge in [-0.1, -0.05) is 6.92 Å². The minimum Gasteiger partial charge on any atom is -0.379 e. The van der Waals surface area contributed by atoms with Gasteiger partial charge in [-0.25, -0.2) is 0 Å². The molecular weight excluding hydrogens is 190 g/mol. The summed E-state index contributed by atoms with van der Waals surface area (Å²) in [6.45, 7) is 3.84. The van der Waals surface area contributed by atoms with E-state index < -0.39 is 0 Å². The summed E-state index contributed by atoms with van der Waals surface area (Å²) >= 11 is 0.